The fraction of sp³-hybridized carbons (Fsp3) is 0.294. The second kappa shape index (κ2) is 4.49. The molecule has 0 spiro atoms. The lowest BCUT2D eigenvalue weighted by Gasteiger charge is -2.19. The molecule has 0 aliphatic carbocycles. The first-order valence-electron chi connectivity index (χ1n) is 6.34. The van der Waals surface area contributed by atoms with Gasteiger partial charge in [0.25, 0.3) is 0 Å². The highest BCUT2D eigenvalue weighted by atomic mass is 14.5. The predicted molar refractivity (Wildman–Crippen MR) is 79.7 cm³/mol. The number of nitrogen functional groups attached to an aromatic ring is 1. The van der Waals surface area contributed by atoms with E-state index in [1.807, 2.05) is 12.1 Å². The highest BCUT2D eigenvalue weighted by Gasteiger charge is 2.13. The summed E-state index contributed by atoms with van der Waals surface area (Å²) in [5.74, 6) is 0. The van der Waals surface area contributed by atoms with Gasteiger partial charge in [0.1, 0.15) is 0 Å². The monoisotopic (exact) mass is 239 g/mol. The first kappa shape index (κ1) is 12.7. The molecule has 0 radical (unpaired) electrons. The van der Waals surface area contributed by atoms with E-state index in [0.29, 0.717) is 0 Å². The smallest absolute Gasteiger partial charge is 0.0322 e. The van der Waals surface area contributed by atoms with Gasteiger partial charge in [-0.25, -0.2) is 0 Å². The number of rotatable bonds is 1. The third kappa shape index (κ3) is 2.73. The molecule has 0 aromatic heterocycles. The van der Waals surface area contributed by atoms with Gasteiger partial charge in [0.2, 0.25) is 0 Å². The Labute approximate surface area is 110 Å². The van der Waals surface area contributed by atoms with E-state index in [1.165, 1.54) is 22.3 Å². The molecular formula is C17H21N. The van der Waals surface area contributed by atoms with Gasteiger partial charge in [-0.2, -0.15) is 0 Å². The molecule has 0 unspecified atom stereocenters. The average molecular weight is 239 g/mol. The van der Waals surface area contributed by atoms with Crippen LogP contribution in [0.1, 0.15) is 31.9 Å². The zero-order valence-electron chi connectivity index (χ0n) is 11.6. The van der Waals surface area contributed by atoms with Crippen LogP contribution < -0.4 is 5.73 Å². The van der Waals surface area contributed by atoms with Crippen molar-refractivity contribution in [3.8, 4) is 11.1 Å². The molecule has 0 saturated heterocycles. The molecule has 0 bridgehead atoms. The maximum Gasteiger partial charge on any atom is 0.0322 e. The molecule has 0 fully saturated rings. The third-order valence-electron chi connectivity index (χ3n) is 3.18. The van der Waals surface area contributed by atoms with Crippen LogP contribution in [0.25, 0.3) is 11.1 Å². The Morgan fingerprint density at radius 3 is 1.94 bits per heavy atom. The number of anilines is 1. The Bertz CT molecular complexity index is 525. The lowest BCUT2D eigenvalue weighted by molar-refractivity contribution is 0.590. The van der Waals surface area contributed by atoms with E-state index in [9.17, 15) is 0 Å². The van der Waals surface area contributed by atoms with Crippen molar-refractivity contribution in [3.63, 3.8) is 0 Å². The van der Waals surface area contributed by atoms with Gasteiger partial charge in [-0.05, 0) is 46.7 Å². The summed E-state index contributed by atoms with van der Waals surface area (Å²) >= 11 is 0. The molecule has 18 heavy (non-hydrogen) atoms. The Balaban J connectivity index is 2.40. The molecule has 0 amide bonds. The topological polar surface area (TPSA) is 26.0 Å². The lowest BCUT2D eigenvalue weighted by atomic mass is 9.86. The maximum absolute atomic E-state index is 5.90. The van der Waals surface area contributed by atoms with Gasteiger partial charge < -0.3 is 5.73 Å². The summed E-state index contributed by atoms with van der Waals surface area (Å²) in [5.41, 5.74) is 11.9. The normalized spacial score (nSPS) is 11.6. The third-order valence-corrected chi connectivity index (χ3v) is 3.18. The number of nitrogens with two attached hydrogens (primary N) is 1. The summed E-state index contributed by atoms with van der Waals surface area (Å²) in [6.07, 6.45) is 0. The van der Waals surface area contributed by atoms with Crippen molar-refractivity contribution in [2.75, 3.05) is 5.73 Å². The lowest BCUT2D eigenvalue weighted by Crippen LogP contribution is -2.10. The van der Waals surface area contributed by atoms with Crippen LogP contribution in [-0.4, -0.2) is 0 Å². The molecule has 0 atom stereocenters. The molecule has 1 nitrogen and oxygen atoms in total. The average Bonchev–Trinajstić information content (AvgIpc) is 2.27. The predicted octanol–water partition coefficient (Wildman–Crippen LogP) is 4.54. The minimum atomic E-state index is 0.199. The SMILES string of the molecule is Cc1cc(N)cc(-c2ccc(C(C)(C)C)cc2)c1. The van der Waals surface area contributed by atoms with Crippen molar-refractivity contribution in [2.24, 2.45) is 0 Å². The molecule has 2 aromatic rings. The summed E-state index contributed by atoms with van der Waals surface area (Å²) < 4.78 is 0. The zero-order chi connectivity index (χ0) is 13.3. The minimum absolute atomic E-state index is 0.199. The Morgan fingerprint density at radius 1 is 0.833 bits per heavy atom. The van der Waals surface area contributed by atoms with Gasteiger partial charge in [0.15, 0.2) is 0 Å². The van der Waals surface area contributed by atoms with E-state index in [1.54, 1.807) is 0 Å². The summed E-state index contributed by atoms with van der Waals surface area (Å²) in [5, 5.41) is 0. The number of hydrogen-bond donors (Lipinski definition) is 1. The molecule has 1 heteroatoms. The van der Waals surface area contributed by atoms with Gasteiger partial charge >= 0.3 is 0 Å². The van der Waals surface area contributed by atoms with Crippen molar-refractivity contribution in [2.45, 2.75) is 33.1 Å². The van der Waals surface area contributed by atoms with Crippen LogP contribution in [0.4, 0.5) is 5.69 Å². The number of aryl methyl sites for hydroxylation is 1. The number of hydrogen-bond acceptors (Lipinski definition) is 1. The minimum Gasteiger partial charge on any atom is -0.399 e. The molecule has 2 rings (SSSR count). The van der Waals surface area contributed by atoms with Crippen molar-refractivity contribution >= 4 is 5.69 Å². The van der Waals surface area contributed by atoms with Gasteiger partial charge in [-0.15, -0.1) is 0 Å². The van der Waals surface area contributed by atoms with Crippen molar-refractivity contribution in [1.82, 2.24) is 0 Å². The van der Waals surface area contributed by atoms with Crippen LogP contribution in [-0.2, 0) is 5.41 Å². The summed E-state index contributed by atoms with van der Waals surface area (Å²) in [4.78, 5) is 0. The van der Waals surface area contributed by atoms with Crippen LogP contribution in [0.5, 0.6) is 0 Å². The second-order valence-corrected chi connectivity index (χ2v) is 5.96. The largest absolute Gasteiger partial charge is 0.399 e. The van der Waals surface area contributed by atoms with Crippen molar-refractivity contribution < 1.29 is 0 Å². The van der Waals surface area contributed by atoms with Crippen LogP contribution in [0.2, 0.25) is 0 Å². The second-order valence-electron chi connectivity index (χ2n) is 5.96. The molecule has 0 saturated carbocycles. The van der Waals surface area contributed by atoms with Crippen LogP contribution in [0, 0.1) is 6.92 Å². The molecule has 0 aliphatic rings. The Kier molecular flexibility index (Phi) is 3.16. The van der Waals surface area contributed by atoms with E-state index in [4.69, 9.17) is 5.73 Å². The van der Waals surface area contributed by atoms with E-state index in [0.717, 1.165) is 5.69 Å². The first-order valence-corrected chi connectivity index (χ1v) is 6.34. The van der Waals surface area contributed by atoms with E-state index in [-0.39, 0.29) is 5.41 Å². The molecule has 94 valence electrons. The highest BCUT2D eigenvalue weighted by Crippen LogP contribution is 2.27. The van der Waals surface area contributed by atoms with E-state index >= 15 is 0 Å². The van der Waals surface area contributed by atoms with Crippen LogP contribution >= 0.6 is 0 Å². The van der Waals surface area contributed by atoms with E-state index < -0.39 is 0 Å². The highest BCUT2D eigenvalue weighted by molar-refractivity contribution is 5.68. The molecule has 0 heterocycles. The number of benzene rings is 2. The molecule has 2 aromatic carbocycles. The molecular weight excluding hydrogens is 218 g/mol. The zero-order valence-corrected chi connectivity index (χ0v) is 11.6. The Hall–Kier alpha value is -1.76. The fourth-order valence-electron chi connectivity index (χ4n) is 2.14. The molecule has 2 N–H and O–H groups in total. The van der Waals surface area contributed by atoms with Gasteiger partial charge in [-0.1, -0.05) is 51.1 Å². The van der Waals surface area contributed by atoms with Gasteiger partial charge in [-0.3, -0.25) is 0 Å². The Morgan fingerprint density at radius 2 is 1.44 bits per heavy atom. The van der Waals surface area contributed by atoms with Crippen LogP contribution in [0.3, 0.4) is 0 Å². The summed E-state index contributed by atoms with van der Waals surface area (Å²) in [7, 11) is 0. The van der Waals surface area contributed by atoms with Crippen LogP contribution in [0.15, 0.2) is 42.5 Å². The maximum atomic E-state index is 5.90. The van der Waals surface area contributed by atoms with E-state index in [2.05, 4.69) is 58.0 Å². The van der Waals surface area contributed by atoms with Gasteiger partial charge in [0.05, 0.1) is 0 Å². The first-order chi connectivity index (χ1) is 8.36. The summed E-state index contributed by atoms with van der Waals surface area (Å²) in [6, 6.07) is 14.9. The fourth-order valence-corrected chi connectivity index (χ4v) is 2.14. The molecule has 0 aliphatic heterocycles. The standard InChI is InChI=1S/C17H21N/c1-12-9-14(11-16(18)10-12)13-5-7-15(8-6-13)17(2,3)4/h5-11H,18H2,1-4H3. The quantitative estimate of drug-likeness (QED) is 0.726. The van der Waals surface area contributed by atoms with Crippen molar-refractivity contribution in [3.05, 3.63) is 53.6 Å². The van der Waals surface area contributed by atoms with Crippen molar-refractivity contribution in [1.29, 1.82) is 0 Å². The summed E-state index contributed by atoms with van der Waals surface area (Å²) in [6.45, 7) is 8.76. The van der Waals surface area contributed by atoms with Gasteiger partial charge in [0, 0.05) is 5.69 Å².